The minimum absolute atomic E-state index is 0. The summed E-state index contributed by atoms with van der Waals surface area (Å²) in [5.41, 5.74) is 2.06. The predicted molar refractivity (Wildman–Crippen MR) is 104 cm³/mol. The van der Waals surface area contributed by atoms with Gasteiger partial charge >= 0.3 is 0 Å². The lowest BCUT2D eigenvalue weighted by Gasteiger charge is -2.27. The highest BCUT2D eigenvalue weighted by atomic mass is 35.5. The average Bonchev–Trinajstić information content (AvgIpc) is 2.65. The maximum atomic E-state index is 12.8. The van der Waals surface area contributed by atoms with E-state index in [1.54, 1.807) is 0 Å². The number of benzene rings is 2. The number of amides is 1. The molecule has 0 atom stereocenters. The average molecular weight is 360 g/mol. The number of carbonyl (C=O) groups is 1. The van der Waals surface area contributed by atoms with Crippen molar-refractivity contribution in [3.63, 3.8) is 0 Å². The van der Waals surface area contributed by atoms with Crippen LogP contribution >= 0.6 is 12.4 Å². The summed E-state index contributed by atoms with van der Waals surface area (Å²) >= 11 is 0. The minimum atomic E-state index is -0.254. The number of carbonyl (C=O) groups excluding carboxylic acids is 1. The third-order valence-corrected chi connectivity index (χ3v) is 4.46. The molecular formula is C20H26ClN3O. The Balaban J connectivity index is 0.00000225. The number of nitrogens with one attached hydrogen (secondary N) is 2. The molecule has 0 bridgehead atoms. The second-order valence-electron chi connectivity index (χ2n) is 6.14. The first-order valence-electron chi connectivity index (χ1n) is 8.65. The van der Waals surface area contributed by atoms with Gasteiger partial charge in [0.1, 0.15) is 0 Å². The van der Waals surface area contributed by atoms with E-state index in [-0.39, 0.29) is 24.2 Å². The van der Waals surface area contributed by atoms with Crippen LogP contribution in [-0.4, -0.2) is 50.1 Å². The molecule has 1 fully saturated rings. The summed E-state index contributed by atoms with van der Waals surface area (Å²) in [4.78, 5) is 15.2. The van der Waals surface area contributed by atoms with Gasteiger partial charge in [0.25, 0.3) is 0 Å². The van der Waals surface area contributed by atoms with Crippen molar-refractivity contribution in [2.24, 2.45) is 0 Å². The molecule has 1 amide bonds. The van der Waals surface area contributed by atoms with Gasteiger partial charge < -0.3 is 10.6 Å². The lowest BCUT2D eigenvalue weighted by Crippen LogP contribution is -2.46. The topological polar surface area (TPSA) is 44.4 Å². The third kappa shape index (κ3) is 5.56. The molecule has 1 aliphatic heterocycles. The van der Waals surface area contributed by atoms with Crippen molar-refractivity contribution in [2.75, 3.05) is 39.3 Å². The molecule has 2 N–H and O–H groups in total. The SMILES string of the molecule is Cl.O=C(NCCN1CCNCC1)C(c1ccccc1)c1ccccc1. The number of hydrogen-bond acceptors (Lipinski definition) is 3. The largest absolute Gasteiger partial charge is 0.354 e. The summed E-state index contributed by atoms with van der Waals surface area (Å²) in [6.45, 7) is 5.77. The molecule has 0 aromatic heterocycles. The lowest BCUT2D eigenvalue weighted by molar-refractivity contribution is -0.121. The summed E-state index contributed by atoms with van der Waals surface area (Å²) in [6.07, 6.45) is 0. The van der Waals surface area contributed by atoms with Crippen LogP contribution in [0.15, 0.2) is 60.7 Å². The van der Waals surface area contributed by atoms with Crippen molar-refractivity contribution in [2.45, 2.75) is 5.92 Å². The fourth-order valence-electron chi connectivity index (χ4n) is 3.16. The molecule has 0 spiro atoms. The van der Waals surface area contributed by atoms with E-state index in [2.05, 4.69) is 15.5 Å². The predicted octanol–water partition coefficient (Wildman–Crippen LogP) is 2.26. The number of piperazine rings is 1. The molecule has 1 heterocycles. The fraction of sp³-hybridized carbons (Fsp3) is 0.350. The quantitative estimate of drug-likeness (QED) is 0.831. The molecule has 1 aliphatic rings. The Labute approximate surface area is 156 Å². The van der Waals surface area contributed by atoms with Crippen LogP contribution in [0.2, 0.25) is 0 Å². The summed E-state index contributed by atoms with van der Waals surface area (Å²) in [5.74, 6) is -0.182. The third-order valence-electron chi connectivity index (χ3n) is 4.46. The molecule has 2 aromatic carbocycles. The van der Waals surface area contributed by atoms with E-state index in [0.717, 1.165) is 43.9 Å². The van der Waals surface area contributed by atoms with Crippen molar-refractivity contribution in [1.29, 1.82) is 0 Å². The molecule has 0 unspecified atom stereocenters. The maximum Gasteiger partial charge on any atom is 0.232 e. The van der Waals surface area contributed by atoms with Gasteiger partial charge in [-0.05, 0) is 11.1 Å². The molecular weight excluding hydrogens is 334 g/mol. The highest BCUT2D eigenvalue weighted by Crippen LogP contribution is 2.24. The molecule has 2 aromatic rings. The number of halogens is 1. The van der Waals surface area contributed by atoms with E-state index >= 15 is 0 Å². The van der Waals surface area contributed by atoms with Crippen LogP contribution in [0.4, 0.5) is 0 Å². The van der Waals surface area contributed by atoms with E-state index in [1.165, 1.54) is 0 Å². The summed E-state index contributed by atoms with van der Waals surface area (Å²) < 4.78 is 0. The second kappa shape index (κ2) is 10.2. The highest BCUT2D eigenvalue weighted by molar-refractivity contribution is 5.87. The Morgan fingerprint density at radius 2 is 1.48 bits per heavy atom. The van der Waals surface area contributed by atoms with Crippen molar-refractivity contribution >= 4 is 18.3 Å². The molecule has 0 aliphatic carbocycles. The van der Waals surface area contributed by atoms with Crippen molar-refractivity contribution in [3.8, 4) is 0 Å². The zero-order valence-corrected chi connectivity index (χ0v) is 15.2. The highest BCUT2D eigenvalue weighted by Gasteiger charge is 2.22. The fourth-order valence-corrected chi connectivity index (χ4v) is 3.16. The van der Waals surface area contributed by atoms with Crippen LogP contribution in [-0.2, 0) is 4.79 Å². The van der Waals surface area contributed by atoms with Gasteiger partial charge in [-0.1, -0.05) is 60.7 Å². The van der Waals surface area contributed by atoms with Crippen LogP contribution < -0.4 is 10.6 Å². The van der Waals surface area contributed by atoms with E-state index in [9.17, 15) is 4.79 Å². The first-order chi connectivity index (χ1) is 11.8. The molecule has 0 saturated carbocycles. The Morgan fingerprint density at radius 3 is 2.00 bits per heavy atom. The Hall–Kier alpha value is -1.88. The van der Waals surface area contributed by atoms with Crippen LogP contribution in [0.1, 0.15) is 17.0 Å². The summed E-state index contributed by atoms with van der Waals surface area (Å²) in [7, 11) is 0. The number of rotatable bonds is 6. The zero-order valence-electron chi connectivity index (χ0n) is 14.4. The molecule has 134 valence electrons. The van der Waals surface area contributed by atoms with E-state index in [0.29, 0.717) is 6.54 Å². The maximum absolute atomic E-state index is 12.8. The smallest absolute Gasteiger partial charge is 0.232 e. The monoisotopic (exact) mass is 359 g/mol. The van der Waals surface area contributed by atoms with Crippen molar-refractivity contribution < 1.29 is 4.79 Å². The van der Waals surface area contributed by atoms with Gasteiger partial charge in [-0.3, -0.25) is 9.69 Å². The second-order valence-corrected chi connectivity index (χ2v) is 6.14. The summed E-state index contributed by atoms with van der Waals surface area (Å²) in [6, 6.07) is 20.0. The van der Waals surface area contributed by atoms with Gasteiger partial charge in [0.05, 0.1) is 5.92 Å². The molecule has 0 radical (unpaired) electrons. The van der Waals surface area contributed by atoms with E-state index < -0.39 is 0 Å². The van der Waals surface area contributed by atoms with Gasteiger partial charge in [0.15, 0.2) is 0 Å². The first kappa shape index (κ1) is 19.4. The summed E-state index contributed by atoms with van der Waals surface area (Å²) in [5, 5.41) is 6.47. The van der Waals surface area contributed by atoms with E-state index in [1.807, 2.05) is 60.7 Å². The Bertz CT molecular complexity index is 590. The molecule has 25 heavy (non-hydrogen) atoms. The van der Waals surface area contributed by atoms with Gasteiger partial charge in [0.2, 0.25) is 5.91 Å². The first-order valence-corrected chi connectivity index (χ1v) is 8.65. The van der Waals surface area contributed by atoms with Gasteiger partial charge in [-0.15, -0.1) is 12.4 Å². The van der Waals surface area contributed by atoms with Crippen molar-refractivity contribution in [1.82, 2.24) is 15.5 Å². The van der Waals surface area contributed by atoms with Crippen LogP contribution in [0, 0.1) is 0 Å². The standard InChI is InChI=1S/C20H25N3O.ClH/c24-20(22-13-16-23-14-11-21-12-15-23)19(17-7-3-1-4-8-17)18-9-5-2-6-10-18;/h1-10,19,21H,11-16H2,(H,22,24);1H. The minimum Gasteiger partial charge on any atom is -0.354 e. The molecule has 4 nitrogen and oxygen atoms in total. The van der Waals surface area contributed by atoms with Gasteiger partial charge in [-0.2, -0.15) is 0 Å². The van der Waals surface area contributed by atoms with Crippen LogP contribution in [0.5, 0.6) is 0 Å². The number of hydrogen-bond donors (Lipinski definition) is 2. The van der Waals surface area contributed by atoms with Crippen LogP contribution in [0.3, 0.4) is 0 Å². The zero-order chi connectivity index (χ0) is 16.6. The van der Waals surface area contributed by atoms with Crippen molar-refractivity contribution in [3.05, 3.63) is 71.8 Å². The van der Waals surface area contributed by atoms with E-state index in [4.69, 9.17) is 0 Å². The molecule has 5 heteroatoms. The lowest BCUT2D eigenvalue weighted by atomic mass is 9.90. The Kier molecular flexibility index (Phi) is 7.92. The Morgan fingerprint density at radius 1 is 0.960 bits per heavy atom. The number of nitrogens with zero attached hydrogens (tertiary/aromatic N) is 1. The van der Waals surface area contributed by atoms with Gasteiger partial charge in [-0.25, -0.2) is 0 Å². The molecule has 1 saturated heterocycles. The van der Waals surface area contributed by atoms with Crippen LogP contribution in [0.25, 0.3) is 0 Å². The van der Waals surface area contributed by atoms with Gasteiger partial charge in [0, 0.05) is 39.3 Å². The molecule has 3 rings (SSSR count). The normalized spacial score (nSPS) is 14.8.